The van der Waals surface area contributed by atoms with Gasteiger partial charge in [-0.25, -0.2) is 0 Å². The number of amides is 1. The molecule has 1 aliphatic carbocycles. The van der Waals surface area contributed by atoms with Crippen LogP contribution in [-0.2, 0) is 0 Å². The molecule has 0 bridgehead atoms. The Bertz CT molecular complexity index is 413. The standard InChI is InChI=1S/C16H24N2O2/c1-2-9-17-10-11-18-16(19)14-5-7-15(8-6-14)20-12-13-3-4-13/h5-8,13,17H,2-4,9-12H2,1H3,(H,18,19). The number of hydrogen-bond donors (Lipinski definition) is 2. The highest BCUT2D eigenvalue weighted by molar-refractivity contribution is 5.94. The molecule has 4 nitrogen and oxygen atoms in total. The van der Waals surface area contributed by atoms with E-state index in [1.165, 1.54) is 12.8 Å². The van der Waals surface area contributed by atoms with Gasteiger partial charge in [0.25, 0.3) is 5.91 Å². The second-order valence-corrected chi connectivity index (χ2v) is 5.28. The van der Waals surface area contributed by atoms with Crippen molar-refractivity contribution >= 4 is 5.91 Å². The average Bonchev–Trinajstić information content (AvgIpc) is 3.29. The van der Waals surface area contributed by atoms with Gasteiger partial charge in [0.2, 0.25) is 0 Å². The first-order valence-corrected chi connectivity index (χ1v) is 7.51. The van der Waals surface area contributed by atoms with Crippen molar-refractivity contribution in [3.05, 3.63) is 29.8 Å². The lowest BCUT2D eigenvalue weighted by Gasteiger charge is -2.08. The van der Waals surface area contributed by atoms with Crippen molar-refractivity contribution in [2.45, 2.75) is 26.2 Å². The topological polar surface area (TPSA) is 50.4 Å². The second kappa shape index (κ2) is 7.90. The summed E-state index contributed by atoms with van der Waals surface area (Å²) in [5.74, 6) is 1.56. The Hall–Kier alpha value is -1.55. The Morgan fingerprint density at radius 2 is 1.95 bits per heavy atom. The summed E-state index contributed by atoms with van der Waals surface area (Å²) in [5.41, 5.74) is 0.680. The molecule has 20 heavy (non-hydrogen) atoms. The summed E-state index contributed by atoms with van der Waals surface area (Å²) in [6.45, 7) is 5.37. The third-order valence-electron chi connectivity index (χ3n) is 3.31. The van der Waals surface area contributed by atoms with Crippen LogP contribution in [0.4, 0.5) is 0 Å². The first kappa shape index (κ1) is 14.9. The van der Waals surface area contributed by atoms with Gasteiger partial charge in [-0.15, -0.1) is 0 Å². The third kappa shape index (κ3) is 5.21. The highest BCUT2D eigenvalue weighted by Crippen LogP contribution is 2.29. The first-order chi connectivity index (χ1) is 9.79. The fourth-order valence-electron chi connectivity index (χ4n) is 1.87. The van der Waals surface area contributed by atoms with E-state index in [1.54, 1.807) is 0 Å². The van der Waals surface area contributed by atoms with E-state index >= 15 is 0 Å². The summed E-state index contributed by atoms with van der Waals surface area (Å²) in [7, 11) is 0. The summed E-state index contributed by atoms with van der Waals surface area (Å²) in [6.07, 6.45) is 3.68. The van der Waals surface area contributed by atoms with Crippen LogP contribution in [0.2, 0.25) is 0 Å². The zero-order chi connectivity index (χ0) is 14.2. The molecule has 1 aliphatic rings. The van der Waals surface area contributed by atoms with Gasteiger partial charge in [0.1, 0.15) is 5.75 Å². The Balaban J connectivity index is 1.69. The fraction of sp³-hybridized carbons (Fsp3) is 0.562. The molecule has 1 saturated carbocycles. The molecule has 1 aromatic rings. The highest BCUT2D eigenvalue weighted by Gasteiger charge is 2.21. The summed E-state index contributed by atoms with van der Waals surface area (Å²) in [5, 5.41) is 6.14. The highest BCUT2D eigenvalue weighted by atomic mass is 16.5. The van der Waals surface area contributed by atoms with E-state index in [9.17, 15) is 4.79 Å². The van der Waals surface area contributed by atoms with Crippen LogP contribution in [0.15, 0.2) is 24.3 Å². The van der Waals surface area contributed by atoms with Crippen molar-refractivity contribution < 1.29 is 9.53 Å². The van der Waals surface area contributed by atoms with Crippen LogP contribution >= 0.6 is 0 Å². The van der Waals surface area contributed by atoms with Crippen LogP contribution < -0.4 is 15.4 Å². The molecule has 1 amide bonds. The molecule has 0 heterocycles. The van der Waals surface area contributed by atoms with Crippen LogP contribution in [0.1, 0.15) is 36.5 Å². The normalized spacial score (nSPS) is 14.1. The molecule has 0 aliphatic heterocycles. The number of rotatable bonds is 9. The Morgan fingerprint density at radius 3 is 2.60 bits per heavy atom. The quantitative estimate of drug-likeness (QED) is 0.680. The second-order valence-electron chi connectivity index (χ2n) is 5.28. The van der Waals surface area contributed by atoms with Gasteiger partial charge >= 0.3 is 0 Å². The van der Waals surface area contributed by atoms with Crippen molar-refractivity contribution in [3.63, 3.8) is 0 Å². The lowest BCUT2D eigenvalue weighted by atomic mass is 10.2. The van der Waals surface area contributed by atoms with E-state index in [0.29, 0.717) is 12.1 Å². The number of ether oxygens (including phenoxy) is 1. The summed E-state index contributed by atoms with van der Waals surface area (Å²) in [6, 6.07) is 7.37. The minimum Gasteiger partial charge on any atom is -0.493 e. The molecule has 2 N–H and O–H groups in total. The van der Waals surface area contributed by atoms with Gasteiger partial charge < -0.3 is 15.4 Å². The molecule has 110 valence electrons. The van der Waals surface area contributed by atoms with Gasteiger partial charge in [-0.2, -0.15) is 0 Å². The van der Waals surface area contributed by atoms with Crippen molar-refractivity contribution in [1.82, 2.24) is 10.6 Å². The molecular weight excluding hydrogens is 252 g/mol. The molecule has 1 aromatic carbocycles. The maximum absolute atomic E-state index is 11.9. The van der Waals surface area contributed by atoms with Gasteiger partial charge in [0, 0.05) is 18.7 Å². The van der Waals surface area contributed by atoms with Gasteiger partial charge in [-0.3, -0.25) is 4.79 Å². The molecule has 0 aromatic heterocycles. The van der Waals surface area contributed by atoms with Gasteiger partial charge in [0.15, 0.2) is 0 Å². The molecule has 0 spiro atoms. The minimum absolute atomic E-state index is 0.0305. The zero-order valence-electron chi connectivity index (χ0n) is 12.2. The Morgan fingerprint density at radius 1 is 1.20 bits per heavy atom. The lowest BCUT2D eigenvalue weighted by molar-refractivity contribution is 0.0954. The summed E-state index contributed by atoms with van der Waals surface area (Å²) >= 11 is 0. The van der Waals surface area contributed by atoms with Gasteiger partial charge in [-0.1, -0.05) is 6.92 Å². The van der Waals surface area contributed by atoms with Gasteiger partial charge in [0.05, 0.1) is 6.61 Å². The lowest BCUT2D eigenvalue weighted by Crippen LogP contribution is -2.32. The van der Waals surface area contributed by atoms with E-state index in [4.69, 9.17) is 4.74 Å². The molecular formula is C16H24N2O2. The van der Waals surface area contributed by atoms with E-state index in [2.05, 4.69) is 17.6 Å². The van der Waals surface area contributed by atoms with Crippen LogP contribution in [0.5, 0.6) is 5.75 Å². The fourth-order valence-corrected chi connectivity index (χ4v) is 1.87. The average molecular weight is 276 g/mol. The van der Waals surface area contributed by atoms with Crippen molar-refractivity contribution in [3.8, 4) is 5.75 Å². The number of hydrogen-bond acceptors (Lipinski definition) is 3. The number of nitrogens with one attached hydrogen (secondary N) is 2. The predicted molar refractivity (Wildman–Crippen MR) is 80.2 cm³/mol. The summed E-state index contributed by atoms with van der Waals surface area (Å²) < 4.78 is 5.65. The third-order valence-corrected chi connectivity index (χ3v) is 3.31. The van der Waals surface area contributed by atoms with E-state index in [-0.39, 0.29) is 5.91 Å². The SMILES string of the molecule is CCCNCCNC(=O)c1ccc(OCC2CC2)cc1. The minimum atomic E-state index is -0.0305. The number of benzene rings is 1. The van der Waals surface area contributed by atoms with Gasteiger partial charge in [-0.05, 0) is 56.0 Å². The smallest absolute Gasteiger partial charge is 0.251 e. The molecule has 0 unspecified atom stereocenters. The molecule has 0 radical (unpaired) electrons. The largest absolute Gasteiger partial charge is 0.493 e. The molecule has 2 rings (SSSR count). The first-order valence-electron chi connectivity index (χ1n) is 7.51. The zero-order valence-corrected chi connectivity index (χ0v) is 12.2. The monoisotopic (exact) mass is 276 g/mol. The molecule has 1 fully saturated rings. The maximum Gasteiger partial charge on any atom is 0.251 e. The molecule has 0 saturated heterocycles. The van der Waals surface area contributed by atoms with Crippen LogP contribution in [0.25, 0.3) is 0 Å². The molecule has 4 heteroatoms. The maximum atomic E-state index is 11.9. The van der Waals surface area contributed by atoms with Crippen molar-refractivity contribution in [2.75, 3.05) is 26.2 Å². The Kier molecular flexibility index (Phi) is 5.87. The summed E-state index contributed by atoms with van der Waals surface area (Å²) in [4.78, 5) is 11.9. The van der Waals surface area contributed by atoms with Crippen molar-refractivity contribution in [1.29, 1.82) is 0 Å². The van der Waals surface area contributed by atoms with E-state index in [1.807, 2.05) is 24.3 Å². The predicted octanol–water partition coefficient (Wildman–Crippen LogP) is 2.20. The van der Waals surface area contributed by atoms with E-state index < -0.39 is 0 Å². The van der Waals surface area contributed by atoms with Crippen LogP contribution in [0.3, 0.4) is 0 Å². The number of carbonyl (C=O) groups excluding carboxylic acids is 1. The van der Waals surface area contributed by atoms with Crippen molar-refractivity contribution in [2.24, 2.45) is 5.92 Å². The van der Waals surface area contributed by atoms with Crippen LogP contribution in [-0.4, -0.2) is 32.1 Å². The van der Waals surface area contributed by atoms with E-state index in [0.717, 1.165) is 37.8 Å². The Labute approximate surface area is 120 Å². The van der Waals surface area contributed by atoms with Crippen LogP contribution in [0, 0.1) is 5.92 Å². The molecule has 0 atom stereocenters. The number of carbonyl (C=O) groups is 1.